The molecule has 0 spiro atoms. The number of nitrogens with one attached hydrogen (secondary N) is 1. The summed E-state index contributed by atoms with van der Waals surface area (Å²) in [4.78, 5) is 13.2. The van der Waals surface area contributed by atoms with Crippen LogP contribution in [0.5, 0.6) is 0 Å². The van der Waals surface area contributed by atoms with Gasteiger partial charge in [0.1, 0.15) is 5.76 Å². The fraction of sp³-hybridized carbons (Fsp3) is 0.636. The van der Waals surface area contributed by atoms with E-state index in [1.165, 1.54) is 0 Å². The fourth-order valence-corrected chi connectivity index (χ4v) is 1.40. The lowest BCUT2D eigenvalue weighted by Crippen LogP contribution is -2.37. The van der Waals surface area contributed by atoms with Crippen molar-refractivity contribution < 1.29 is 9.32 Å². The highest BCUT2D eigenvalue weighted by atomic mass is 16.5. The van der Waals surface area contributed by atoms with Gasteiger partial charge in [0.2, 0.25) is 0 Å². The lowest BCUT2D eigenvalue weighted by atomic mass is 10.2. The number of hydrogen-bond donors (Lipinski definition) is 1. The molecule has 1 aromatic heterocycles. The van der Waals surface area contributed by atoms with Gasteiger partial charge in [-0.3, -0.25) is 0 Å². The van der Waals surface area contributed by atoms with Crippen molar-refractivity contribution in [3.05, 3.63) is 17.0 Å². The third-order valence-corrected chi connectivity index (χ3v) is 2.45. The molecule has 0 atom stereocenters. The highest BCUT2D eigenvalue weighted by molar-refractivity contribution is 5.73. The van der Waals surface area contributed by atoms with Crippen LogP contribution in [0.15, 0.2) is 4.52 Å². The minimum atomic E-state index is -0.0677. The standard InChI is InChI=1S/C11H19N3O2/c1-5-6-12-11(15)14(4)7-10-8(2)13-16-9(10)3/h5-7H2,1-4H3,(H,12,15). The van der Waals surface area contributed by atoms with Crippen LogP contribution in [0.3, 0.4) is 0 Å². The molecule has 0 radical (unpaired) electrons. The van der Waals surface area contributed by atoms with E-state index in [9.17, 15) is 4.79 Å². The Morgan fingerprint density at radius 3 is 2.69 bits per heavy atom. The second kappa shape index (κ2) is 5.53. The number of carbonyl (C=O) groups is 1. The van der Waals surface area contributed by atoms with Crippen LogP contribution in [0.25, 0.3) is 0 Å². The van der Waals surface area contributed by atoms with Crippen molar-refractivity contribution in [2.75, 3.05) is 13.6 Å². The van der Waals surface area contributed by atoms with Gasteiger partial charge >= 0.3 is 6.03 Å². The number of rotatable bonds is 4. The van der Waals surface area contributed by atoms with Crippen LogP contribution in [0.4, 0.5) is 4.79 Å². The number of aromatic nitrogens is 1. The summed E-state index contributed by atoms with van der Waals surface area (Å²) in [5.74, 6) is 0.771. The van der Waals surface area contributed by atoms with E-state index in [1.54, 1.807) is 11.9 Å². The maximum Gasteiger partial charge on any atom is 0.317 e. The van der Waals surface area contributed by atoms with Gasteiger partial charge in [-0.2, -0.15) is 0 Å². The van der Waals surface area contributed by atoms with Crippen LogP contribution in [0.1, 0.15) is 30.4 Å². The summed E-state index contributed by atoms with van der Waals surface area (Å²) in [6.07, 6.45) is 0.935. The highest BCUT2D eigenvalue weighted by Crippen LogP contribution is 2.13. The third-order valence-electron chi connectivity index (χ3n) is 2.45. The Bertz CT molecular complexity index is 341. The first-order valence-corrected chi connectivity index (χ1v) is 5.47. The summed E-state index contributed by atoms with van der Waals surface area (Å²) in [5, 5.41) is 6.68. The molecule has 0 saturated carbocycles. The molecule has 0 bridgehead atoms. The summed E-state index contributed by atoms with van der Waals surface area (Å²) in [6.45, 7) is 6.98. The summed E-state index contributed by atoms with van der Waals surface area (Å²) < 4.78 is 5.05. The predicted molar refractivity (Wildman–Crippen MR) is 61.1 cm³/mol. The quantitative estimate of drug-likeness (QED) is 0.850. The van der Waals surface area contributed by atoms with Gasteiger partial charge in [0.15, 0.2) is 0 Å². The molecule has 0 aliphatic heterocycles. The second-order valence-electron chi connectivity index (χ2n) is 3.89. The van der Waals surface area contributed by atoms with Crippen molar-refractivity contribution in [1.29, 1.82) is 0 Å². The van der Waals surface area contributed by atoms with Gasteiger partial charge < -0.3 is 14.7 Å². The molecule has 5 nitrogen and oxygen atoms in total. The molecule has 1 N–H and O–H groups in total. The highest BCUT2D eigenvalue weighted by Gasteiger charge is 2.14. The molecular formula is C11H19N3O2. The molecule has 0 aromatic carbocycles. The molecule has 90 valence electrons. The number of amides is 2. The van der Waals surface area contributed by atoms with Crippen LogP contribution in [0, 0.1) is 13.8 Å². The predicted octanol–water partition coefficient (Wildman–Crippen LogP) is 1.84. The summed E-state index contributed by atoms with van der Waals surface area (Å²) in [7, 11) is 1.76. The number of carbonyl (C=O) groups excluding carboxylic acids is 1. The largest absolute Gasteiger partial charge is 0.361 e. The molecule has 0 unspecified atom stereocenters. The smallest absolute Gasteiger partial charge is 0.317 e. The van der Waals surface area contributed by atoms with Gasteiger partial charge in [0, 0.05) is 19.2 Å². The lowest BCUT2D eigenvalue weighted by molar-refractivity contribution is 0.206. The molecule has 0 aliphatic carbocycles. The first kappa shape index (κ1) is 12.5. The van der Waals surface area contributed by atoms with Crippen LogP contribution in [-0.4, -0.2) is 29.7 Å². The van der Waals surface area contributed by atoms with Crippen molar-refractivity contribution in [3.63, 3.8) is 0 Å². The molecule has 1 heterocycles. The Morgan fingerprint density at radius 2 is 2.19 bits per heavy atom. The first-order valence-electron chi connectivity index (χ1n) is 5.47. The number of urea groups is 1. The van der Waals surface area contributed by atoms with E-state index >= 15 is 0 Å². The van der Waals surface area contributed by atoms with Gasteiger partial charge in [-0.15, -0.1) is 0 Å². The SMILES string of the molecule is CCCNC(=O)N(C)Cc1c(C)noc1C. The zero-order valence-corrected chi connectivity index (χ0v) is 10.3. The Morgan fingerprint density at radius 1 is 1.50 bits per heavy atom. The van der Waals surface area contributed by atoms with E-state index in [0.717, 1.165) is 23.4 Å². The number of nitrogens with zero attached hydrogens (tertiary/aromatic N) is 2. The normalized spacial score (nSPS) is 10.2. The van der Waals surface area contributed by atoms with Crippen LogP contribution in [-0.2, 0) is 6.54 Å². The minimum Gasteiger partial charge on any atom is -0.361 e. The van der Waals surface area contributed by atoms with E-state index in [-0.39, 0.29) is 6.03 Å². The molecular weight excluding hydrogens is 206 g/mol. The van der Waals surface area contributed by atoms with Gasteiger partial charge in [0.25, 0.3) is 0 Å². The summed E-state index contributed by atoms with van der Waals surface area (Å²) in [6, 6.07) is -0.0677. The Balaban J connectivity index is 2.57. The summed E-state index contributed by atoms with van der Waals surface area (Å²) in [5.41, 5.74) is 1.82. The molecule has 0 saturated heterocycles. The zero-order valence-electron chi connectivity index (χ0n) is 10.3. The van der Waals surface area contributed by atoms with Crippen molar-refractivity contribution in [2.24, 2.45) is 0 Å². The van der Waals surface area contributed by atoms with E-state index in [2.05, 4.69) is 10.5 Å². The van der Waals surface area contributed by atoms with E-state index in [0.29, 0.717) is 13.1 Å². The lowest BCUT2D eigenvalue weighted by Gasteiger charge is -2.17. The second-order valence-corrected chi connectivity index (χ2v) is 3.89. The monoisotopic (exact) mass is 225 g/mol. The average molecular weight is 225 g/mol. The molecule has 5 heteroatoms. The molecule has 2 amide bonds. The third kappa shape index (κ3) is 2.98. The molecule has 1 aromatic rings. The van der Waals surface area contributed by atoms with Crippen LogP contribution in [0.2, 0.25) is 0 Å². The topological polar surface area (TPSA) is 58.4 Å². The van der Waals surface area contributed by atoms with Crippen LogP contribution < -0.4 is 5.32 Å². The maximum atomic E-state index is 11.6. The van der Waals surface area contributed by atoms with Gasteiger partial charge in [-0.25, -0.2) is 4.79 Å². The van der Waals surface area contributed by atoms with E-state index in [1.807, 2.05) is 20.8 Å². The molecule has 0 fully saturated rings. The average Bonchev–Trinajstić information content (AvgIpc) is 2.57. The van der Waals surface area contributed by atoms with Crippen molar-refractivity contribution in [1.82, 2.24) is 15.4 Å². The Labute approximate surface area is 95.8 Å². The number of hydrogen-bond acceptors (Lipinski definition) is 3. The first-order chi connectivity index (χ1) is 7.56. The maximum absolute atomic E-state index is 11.6. The Kier molecular flexibility index (Phi) is 4.34. The van der Waals surface area contributed by atoms with Gasteiger partial charge in [-0.1, -0.05) is 12.1 Å². The van der Waals surface area contributed by atoms with Crippen LogP contribution >= 0.6 is 0 Å². The molecule has 0 aliphatic rings. The Hall–Kier alpha value is -1.52. The zero-order chi connectivity index (χ0) is 12.1. The summed E-state index contributed by atoms with van der Waals surface area (Å²) >= 11 is 0. The van der Waals surface area contributed by atoms with E-state index in [4.69, 9.17) is 4.52 Å². The van der Waals surface area contributed by atoms with Gasteiger partial charge in [-0.05, 0) is 20.3 Å². The minimum absolute atomic E-state index is 0.0677. The van der Waals surface area contributed by atoms with E-state index < -0.39 is 0 Å². The van der Waals surface area contributed by atoms with Crippen molar-refractivity contribution in [3.8, 4) is 0 Å². The van der Waals surface area contributed by atoms with Gasteiger partial charge in [0.05, 0.1) is 12.2 Å². The molecule has 16 heavy (non-hydrogen) atoms. The van der Waals surface area contributed by atoms with Crippen molar-refractivity contribution >= 4 is 6.03 Å². The number of aryl methyl sites for hydroxylation is 2. The fourth-order valence-electron chi connectivity index (χ4n) is 1.40. The molecule has 1 rings (SSSR count). The van der Waals surface area contributed by atoms with Crippen molar-refractivity contribution in [2.45, 2.75) is 33.7 Å².